The molecule has 3 aromatic rings. The summed E-state index contributed by atoms with van der Waals surface area (Å²) in [5, 5.41) is 3.02. The third-order valence-electron chi connectivity index (χ3n) is 6.29. The molecule has 0 radical (unpaired) electrons. The van der Waals surface area contributed by atoms with Crippen molar-refractivity contribution in [2.24, 2.45) is 0 Å². The van der Waals surface area contributed by atoms with Gasteiger partial charge in [-0.2, -0.15) is 0 Å². The molecule has 0 saturated carbocycles. The van der Waals surface area contributed by atoms with Crippen LogP contribution in [0.2, 0.25) is 0 Å². The molecule has 0 fully saturated rings. The van der Waals surface area contributed by atoms with Crippen molar-refractivity contribution in [3.8, 4) is 0 Å². The summed E-state index contributed by atoms with van der Waals surface area (Å²) in [5.41, 5.74) is 2.05. The Hall–Kier alpha value is -2.69. The van der Waals surface area contributed by atoms with Gasteiger partial charge in [0.2, 0.25) is 21.8 Å². The van der Waals surface area contributed by atoms with Crippen molar-refractivity contribution >= 4 is 59.4 Å². The van der Waals surface area contributed by atoms with Gasteiger partial charge in [0.25, 0.3) is 0 Å². The van der Waals surface area contributed by atoms with Crippen LogP contribution >= 0.6 is 31.9 Å². The van der Waals surface area contributed by atoms with E-state index in [4.69, 9.17) is 0 Å². The quantitative estimate of drug-likeness (QED) is 0.273. The molecule has 1 N–H and O–H groups in total. The van der Waals surface area contributed by atoms with Crippen LogP contribution < -0.4 is 9.62 Å². The number of amides is 2. The van der Waals surface area contributed by atoms with Gasteiger partial charge in [-0.1, -0.05) is 87.3 Å². The first kappa shape index (κ1) is 30.8. The second kappa shape index (κ2) is 14.1. The van der Waals surface area contributed by atoms with Gasteiger partial charge in [-0.25, -0.2) is 8.42 Å². The molecule has 0 aliphatic rings. The van der Waals surface area contributed by atoms with E-state index >= 15 is 0 Å². The van der Waals surface area contributed by atoms with Crippen LogP contribution in [0.3, 0.4) is 0 Å². The Bertz CT molecular complexity index is 1390. The molecule has 10 heteroatoms. The van der Waals surface area contributed by atoms with Gasteiger partial charge < -0.3 is 10.2 Å². The number of benzene rings is 3. The summed E-state index contributed by atoms with van der Waals surface area (Å²) >= 11 is 6.86. The lowest BCUT2D eigenvalue weighted by molar-refractivity contribution is -0.140. The highest BCUT2D eigenvalue weighted by molar-refractivity contribution is 9.10. The molecule has 0 aromatic heterocycles. The van der Waals surface area contributed by atoms with Crippen LogP contribution in [-0.2, 0) is 32.6 Å². The zero-order valence-corrected chi connectivity index (χ0v) is 26.2. The molecule has 7 nitrogen and oxygen atoms in total. The maximum Gasteiger partial charge on any atom is 0.244 e. The number of nitrogens with zero attached hydrogens (tertiary/aromatic N) is 2. The molecule has 3 rings (SSSR count). The smallest absolute Gasteiger partial charge is 0.244 e. The van der Waals surface area contributed by atoms with E-state index in [-0.39, 0.29) is 24.9 Å². The van der Waals surface area contributed by atoms with Gasteiger partial charge in [-0.05, 0) is 54.8 Å². The Morgan fingerprint density at radius 1 is 0.897 bits per heavy atom. The van der Waals surface area contributed by atoms with Crippen LogP contribution in [0.25, 0.3) is 0 Å². The summed E-state index contributed by atoms with van der Waals surface area (Å²) in [7, 11) is -3.81. The van der Waals surface area contributed by atoms with Crippen LogP contribution in [0.15, 0.2) is 87.8 Å². The Kier molecular flexibility index (Phi) is 11.1. The summed E-state index contributed by atoms with van der Waals surface area (Å²) < 4.78 is 28.3. The number of anilines is 1. The number of carbonyl (C=O) groups is 2. The van der Waals surface area contributed by atoms with Crippen LogP contribution in [-0.4, -0.2) is 50.0 Å². The highest BCUT2D eigenvalue weighted by atomic mass is 79.9. The number of halogens is 2. The van der Waals surface area contributed by atoms with Crippen molar-refractivity contribution in [3.05, 3.63) is 98.9 Å². The van der Waals surface area contributed by atoms with Crippen molar-refractivity contribution < 1.29 is 18.0 Å². The highest BCUT2D eigenvalue weighted by Gasteiger charge is 2.33. The molecular weight excluding hydrogens is 646 g/mol. The molecule has 0 heterocycles. The Morgan fingerprint density at radius 3 is 2.10 bits per heavy atom. The Labute approximate surface area is 247 Å². The number of rotatable bonds is 12. The number of nitrogens with one attached hydrogen (secondary N) is 1. The van der Waals surface area contributed by atoms with Gasteiger partial charge >= 0.3 is 0 Å². The minimum atomic E-state index is -3.81. The first-order chi connectivity index (χ1) is 18.5. The van der Waals surface area contributed by atoms with E-state index in [9.17, 15) is 18.0 Å². The fourth-order valence-electron chi connectivity index (χ4n) is 4.07. The number of hydrogen-bond acceptors (Lipinski definition) is 4. The summed E-state index contributed by atoms with van der Waals surface area (Å²) in [6, 6.07) is 22.8. The van der Waals surface area contributed by atoms with E-state index in [0.717, 1.165) is 32.6 Å². The van der Waals surface area contributed by atoms with E-state index in [2.05, 4.69) is 37.2 Å². The molecule has 3 aromatic carbocycles. The number of sulfonamides is 1. The predicted octanol–water partition coefficient (Wildman–Crippen LogP) is 5.53. The standard InChI is InChI=1S/C29H33Br2N3O4S/c1-4-21(2)32-29(36)27(17-22-10-6-5-7-11-22)33(19-23-12-8-13-24(30)16-23)28(35)20-34(39(3,37)38)26-15-9-14-25(31)18-26/h5-16,18,21,27H,4,17,19-20H2,1-3H3,(H,32,36)/t21-,27+/m0/s1. The molecule has 0 spiro atoms. The maximum absolute atomic E-state index is 14.1. The highest BCUT2D eigenvalue weighted by Crippen LogP contribution is 2.24. The molecule has 2 amide bonds. The molecule has 0 saturated heterocycles. The van der Waals surface area contributed by atoms with Gasteiger partial charge in [0, 0.05) is 28.0 Å². The van der Waals surface area contributed by atoms with Gasteiger partial charge in [-0.15, -0.1) is 0 Å². The average Bonchev–Trinajstić information content (AvgIpc) is 2.89. The van der Waals surface area contributed by atoms with Gasteiger partial charge in [0.05, 0.1) is 11.9 Å². The summed E-state index contributed by atoms with van der Waals surface area (Å²) in [4.78, 5) is 29.2. The topological polar surface area (TPSA) is 86.8 Å². The fraction of sp³-hybridized carbons (Fsp3) is 0.310. The SMILES string of the molecule is CC[C@H](C)NC(=O)[C@@H](Cc1ccccc1)N(Cc1cccc(Br)c1)C(=O)CN(c1cccc(Br)c1)S(C)(=O)=O. The summed E-state index contributed by atoms with van der Waals surface area (Å²) in [5.74, 6) is -0.773. The summed E-state index contributed by atoms with van der Waals surface area (Å²) in [6.45, 7) is 3.56. The zero-order chi connectivity index (χ0) is 28.6. The minimum absolute atomic E-state index is 0.0900. The van der Waals surface area contributed by atoms with Crippen molar-refractivity contribution in [1.29, 1.82) is 0 Å². The van der Waals surface area contributed by atoms with Gasteiger partial charge in [0.1, 0.15) is 12.6 Å². The van der Waals surface area contributed by atoms with Crippen LogP contribution in [0.1, 0.15) is 31.4 Å². The van der Waals surface area contributed by atoms with Crippen LogP contribution in [0.5, 0.6) is 0 Å². The second-order valence-corrected chi connectivity index (χ2v) is 13.2. The van der Waals surface area contributed by atoms with E-state index < -0.39 is 28.5 Å². The third kappa shape index (κ3) is 9.19. The lowest BCUT2D eigenvalue weighted by Crippen LogP contribution is -2.54. The monoisotopic (exact) mass is 677 g/mol. The third-order valence-corrected chi connectivity index (χ3v) is 8.42. The summed E-state index contributed by atoms with van der Waals surface area (Å²) in [6.07, 6.45) is 2.07. The van der Waals surface area contributed by atoms with E-state index in [0.29, 0.717) is 10.2 Å². The molecule has 2 atom stereocenters. The first-order valence-electron chi connectivity index (χ1n) is 12.6. The lowest BCUT2D eigenvalue weighted by Gasteiger charge is -2.34. The largest absolute Gasteiger partial charge is 0.352 e. The van der Waals surface area contributed by atoms with Crippen molar-refractivity contribution in [2.75, 3.05) is 17.1 Å². The molecule has 0 unspecified atom stereocenters. The van der Waals surface area contributed by atoms with Crippen LogP contribution in [0.4, 0.5) is 5.69 Å². The van der Waals surface area contributed by atoms with E-state index in [1.165, 1.54) is 4.90 Å². The van der Waals surface area contributed by atoms with Gasteiger partial charge in [-0.3, -0.25) is 13.9 Å². The molecule has 39 heavy (non-hydrogen) atoms. The van der Waals surface area contributed by atoms with E-state index in [1.54, 1.807) is 24.3 Å². The second-order valence-electron chi connectivity index (χ2n) is 9.42. The average molecular weight is 679 g/mol. The maximum atomic E-state index is 14.1. The molecule has 0 aliphatic heterocycles. The first-order valence-corrected chi connectivity index (χ1v) is 16.0. The van der Waals surface area contributed by atoms with Crippen molar-refractivity contribution in [2.45, 2.75) is 45.3 Å². The minimum Gasteiger partial charge on any atom is -0.352 e. The Morgan fingerprint density at radius 2 is 1.51 bits per heavy atom. The number of hydrogen-bond donors (Lipinski definition) is 1. The van der Waals surface area contributed by atoms with Crippen LogP contribution in [0, 0.1) is 0 Å². The van der Waals surface area contributed by atoms with Gasteiger partial charge in [0.15, 0.2) is 0 Å². The molecule has 0 bridgehead atoms. The zero-order valence-electron chi connectivity index (χ0n) is 22.2. The lowest BCUT2D eigenvalue weighted by atomic mass is 10.0. The fourth-order valence-corrected chi connectivity index (χ4v) is 5.75. The predicted molar refractivity (Wildman–Crippen MR) is 163 cm³/mol. The van der Waals surface area contributed by atoms with E-state index in [1.807, 2.05) is 68.4 Å². The van der Waals surface area contributed by atoms with Crippen molar-refractivity contribution in [1.82, 2.24) is 10.2 Å². The van der Waals surface area contributed by atoms with Crippen molar-refractivity contribution in [3.63, 3.8) is 0 Å². The number of carbonyl (C=O) groups excluding carboxylic acids is 2. The molecular formula is C29H33Br2N3O4S. The molecule has 0 aliphatic carbocycles. The normalized spacial score (nSPS) is 12.8. The molecule has 208 valence electrons. The Balaban J connectivity index is 2.06.